The molecule has 0 saturated carbocycles. The number of carboxylic acids is 1. The third-order valence-corrected chi connectivity index (χ3v) is 2.49. The average molecular weight is 220 g/mol. The summed E-state index contributed by atoms with van der Waals surface area (Å²) in [5.41, 5.74) is 1.11. The summed E-state index contributed by atoms with van der Waals surface area (Å²) < 4.78 is 0. The van der Waals surface area contributed by atoms with Crippen molar-refractivity contribution in [2.24, 2.45) is 5.92 Å². The van der Waals surface area contributed by atoms with Crippen LogP contribution in [0.4, 0.5) is 0 Å². The quantitative estimate of drug-likeness (QED) is 0.800. The van der Waals surface area contributed by atoms with Gasteiger partial charge in [0.2, 0.25) is 0 Å². The van der Waals surface area contributed by atoms with Gasteiger partial charge in [0.15, 0.2) is 0 Å². The van der Waals surface area contributed by atoms with Crippen molar-refractivity contribution in [3.8, 4) is 0 Å². The van der Waals surface area contributed by atoms with Crippen molar-refractivity contribution in [1.82, 2.24) is 0 Å². The van der Waals surface area contributed by atoms with Crippen molar-refractivity contribution in [1.29, 1.82) is 0 Å². The summed E-state index contributed by atoms with van der Waals surface area (Å²) in [5.74, 6) is -1.48. The van der Waals surface area contributed by atoms with E-state index in [0.717, 1.165) is 5.56 Å². The topological polar surface area (TPSA) is 54.4 Å². The maximum absolute atomic E-state index is 11.5. The summed E-state index contributed by atoms with van der Waals surface area (Å²) in [7, 11) is 0. The third kappa shape index (κ3) is 4.26. The number of ketones is 1. The van der Waals surface area contributed by atoms with Crippen LogP contribution in [-0.4, -0.2) is 16.9 Å². The molecule has 0 radical (unpaired) electrons. The SMILES string of the molecule is CC(CC(=O)CCc1ccccc1)C(=O)O. The number of hydrogen-bond acceptors (Lipinski definition) is 2. The number of aliphatic carboxylic acids is 1. The molecule has 0 aliphatic rings. The van der Waals surface area contributed by atoms with Crippen molar-refractivity contribution in [3.63, 3.8) is 0 Å². The molecule has 1 aromatic rings. The van der Waals surface area contributed by atoms with Crippen molar-refractivity contribution >= 4 is 11.8 Å². The average Bonchev–Trinajstić information content (AvgIpc) is 2.27. The van der Waals surface area contributed by atoms with E-state index in [0.29, 0.717) is 12.8 Å². The smallest absolute Gasteiger partial charge is 0.306 e. The highest BCUT2D eigenvalue weighted by atomic mass is 16.4. The Morgan fingerprint density at radius 3 is 2.44 bits per heavy atom. The number of carbonyl (C=O) groups is 2. The fraction of sp³-hybridized carbons (Fsp3) is 0.385. The summed E-state index contributed by atoms with van der Waals surface area (Å²) in [6, 6.07) is 9.72. The van der Waals surface area contributed by atoms with E-state index in [4.69, 9.17) is 5.11 Å². The molecule has 1 rings (SSSR count). The molecule has 0 aliphatic heterocycles. The van der Waals surface area contributed by atoms with Gasteiger partial charge < -0.3 is 5.11 Å². The lowest BCUT2D eigenvalue weighted by atomic mass is 10.00. The van der Waals surface area contributed by atoms with Gasteiger partial charge in [0.25, 0.3) is 0 Å². The zero-order chi connectivity index (χ0) is 12.0. The summed E-state index contributed by atoms with van der Waals surface area (Å²) in [5, 5.41) is 8.66. The number of aryl methyl sites for hydroxylation is 1. The van der Waals surface area contributed by atoms with Crippen LogP contribution in [0.1, 0.15) is 25.3 Å². The highest BCUT2D eigenvalue weighted by molar-refractivity contribution is 5.83. The van der Waals surface area contributed by atoms with E-state index in [2.05, 4.69) is 0 Å². The second-order valence-electron chi connectivity index (χ2n) is 3.97. The zero-order valence-corrected chi connectivity index (χ0v) is 9.35. The fourth-order valence-corrected chi connectivity index (χ4v) is 1.46. The standard InChI is InChI=1S/C13H16O3/c1-10(13(15)16)9-12(14)8-7-11-5-3-2-4-6-11/h2-6,10H,7-9H2,1H3,(H,15,16). The van der Waals surface area contributed by atoms with Gasteiger partial charge in [-0.15, -0.1) is 0 Å². The molecule has 0 bridgehead atoms. The van der Waals surface area contributed by atoms with E-state index in [9.17, 15) is 9.59 Å². The molecule has 0 amide bonds. The van der Waals surface area contributed by atoms with Crippen LogP contribution < -0.4 is 0 Å². The Hall–Kier alpha value is -1.64. The number of benzene rings is 1. The molecule has 3 nitrogen and oxygen atoms in total. The zero-order valence-electron chi connectivity index (χ0n) is 9.35. The molecule has 1 atom stereocenters. The third-order valence-electron chi connectivity index (χ3n) is 2.49. The Balaban J connectivity index is 2.33. The van der Waals surface area contributed by atoms with Gasteiger partial charge in [0.1, 0.15) is 5.78 Å². The van der Waals surface area contributed by atoms with Crippen molar-refractivity contribution in [2.75, 3.05) is 0 Å². The minimum atomic E-state index is -0.909. The molecule has 0 saturated heterocycles. The summed E-state index contributed by atoms with van der Waals surface area (Å²) in [4.78, 5) is 22.0. The maximum atomic E-state index is 11.5. The van der Waals surface area contributed by atoms with Crippen LogP contribution in [0.3, 0.4) is 0 Å². The first-order chi connectivity index (χ1) is 7.59. The highest BCUT2D eigenvalue weighted by Crippen LogP contribution is 2.08. The minimum Gasteiger partial charge on any atom is -0.481 e. The summed E-state index contributed by atoms with van der Waals surface area (Å²) >= 11 is 0. The second kappa shape index (κ2) is 6.05. The molecule has 0 heterocycles. The van der Waals surface area contributed by atoms with Gasteiger partial charge in [0.05, 0.1) is 5.92 Å². The normalized spacial score (nSPS) is 12.1. The van der Waals surface area contributed by atoms with Gasteiger partial charge in [-0.05, 0) is 12.0 Å². The Kier molecular flexibility index (Phi) is 4.70. The number of Topliss-reactive ketones (excluding diaryl/α,β-unsaturated/α-hetero) is 1. The predicted octanol–water partition coefficient (Wildman–Crippen LogP) is 2.30. The first-order valence-electron chi connectivity index (χ1n) is 5.38. The van der Waals surface area contributed by atoms with Crippen LogP contribution in [0, 0.1) is 5.92 Å². The lowest BCUT2D eigenvalue weighted by Gasteiger charge is -2.05. The van der Waals surface area contributed by atoms with E-state index < -0.39 is 11.9 Å². The van der Waals surface area contributed by atoms with Gasteiger partial charge >= 0.3 is 5.97 Å². The van der Waals surface area contributed by atoms with E-state index in [-0.39, 0.29) is 12.2 Å². The lowest BCUT2D eigenvalue weighted by Crippen LogP contribution is -2.14. The Morgan fingerprint density at radius 2 is 1.88 bits per heavy atom. The van der Waals surface area contributed by atoms with Crippen LogP contribution in [0.5, 0.6) is 0 Å². The second-order valence-corrected chi connectivity index (χ2v) is 3.97. The molecule has 0 fully saturated rings. The Labute approximate surface area is 95.1 Å². The molecule has 0 aromatic heterocycles. The molecular formula is C13H16O3. The first kappa shape index (κ1) is 12.4. The van der Waals surface area contributed by atoms with E-state index in [1.54, 1.807) is 6.92 Å². The molecular weight excluding hydrogens is 204 g/mol. The Morgan fingerprint density at radius 1 is 1.25 bits per heavy atom. The number of hydrogen-bond donors (Lipinski definition) is 1. The van der Waals surface area contributed by atoms with Crippen LogP contribution >= 0.6 is 0 Å². The fourth-order valence-electron chi connectivity index (χ4n) is 1.46. The van der Waals surface area contributed by atoms with E-state index in [1.165, 1.54) is 0 Å². The molecule has 0 spiro atoms. The van der Waals surface area contributed by atoms with E-state index >= 15 is 0 Å². The Bertz CT molecular complexity index is 357. The largest absolute Gasteiger partial charge is 0.481 e. The summed E-state index contributed by atoms with van der Waals surface area (Å²) in [6.45, 7) is 1.56. The predicted molar refractivity (Wildman–Crippen MR) is 61.2 cm³/mol. The maximum Gasteiger partial charge on any atom is 0.306 e. The van der Waals surface area contributed by atoms with Crippen LogP contribution in [0.25, 0.3) is 0 Å². The lowest BCUT2D eigenvalue weighted by molar-refractivity contribution is -0.143. The van der Waals surface area contributed by atoms with Gasteiger partial charge in [-0.2, -0.15) is 0 Å². The molecule has 1 unspecified atom stereocenters. The molecule has 0 aliphatic carbocycles. The highest BCUT2D eigenvalue weighted by Gasteiger charge is 2.15. The van der Waals surface area contributed by atoms with Crippen LogP contribution in [0.15, 0.2) is 30.3 Å². The monoisotopic (exact) mass is 220 g/mol. The summed E-state index contributed by atoms with van der Waals surface area (Å²) in [6.07, 6.45) is 1.23. The molecule has 86 valence electrons. The van der Waals surface area contributed by atoms with E-state index in [1.807, 2.05) is 30.3 Å². The number of carbonyl (C=O) groups excluding carboxylic acids is 1. The molecule has 16 heavy (non-hydrogen) atoms. The van der Waals surface area contributed by atoms with Gasteiger partial charge in [-0.3, -0.25) is 9.59 Å². The molecule has 1 aromatic carbocycles. The van der Waals surface area contributed by atoms with Crippen LogP contribution in [0.2, 0.25) is 0 Å². The van der Waals surface area contributed by atoms with Crippen molar-refractivity contribution in [2.45, 2.75) is 26.2 Å². The van der Waals surface area contributed by atoms with Gasteiger partial charge in [-0.1, -0.05) is 37.3 Å². The molecule has 3 heteroatoms. The van der Waals surface area contributed by atoms with Crippen LogP contribution in [-0.2, 0) is 16.0 Å². The first-order valence-corrected chi connectivity index (χ1v) is 5.38. The van der Waals surface area contributed by atoms with Gasteiger partial charge in [0, 0.05) is 12.8 Å². The molecule has 1 N–H and O–H groups in total. The number of carboxylic acid groups (broad SMARTS) is 1. The minimum absolute atomic E-state index is 0.0127. The van der Waals surface area contributed by atoms with Crippen molar-refractivity contribution < 1.29 is 14.7 Å². The number of rotatable bonds is 6. The van der Waals surface area contributed by atoms with Crippen molar-refractivity contribution in [3.05, 3.63) is 35.9 Å². The van der Waals surface area contributed by atoms with Gasteiger partial charge in [-0.25, -0.2) is 0 Å².